The van der Waals surface area contributed by atoms with Gasteiger partial charge in [0.1, 0.15) is 0 Å². The van der Waals surface area contributed by atoms with E-state index in [1.165, 1.54) is 14.2 Å². The molecule has 5 nitrogen and oxygen atoms in total. The molecule has 0 aromatic heterocycles. The SMILES string of the molecule is COC(=O)C(OC(C)(C)C)C(=O)OC. The van der Waals surface area contributed by atoms with E-state index in [4.69, 9.17) is 4.74 Å². The van der Waals surface area contributed by atoms with Crippen LogP contribution in [0.2, 0.25) is 0 Å². The van der Waals surface area contributed by atoms with Crippen molar-refractivity contribution in [2.75, 3.05) is 14.2 Å². The van der Waals surface area contributed by atoms with Gasteiger partial charge in [0.25, 0.3) is 6.10 Å². The van der Waals surface area contributed by atoms with Gasteiger partial charge >= 0.3 is 11.9 Å². The predicted octanol–water partition coefficient (Wildman–Crippen LogP) is 0.516. The summed E-state index contributed by atoms with van der Waals surface area (Å²) in [7, 11) is 2.37. The maximum Gasteiger partial charge on any atom is 0.346 e. The summed E-state index contributed by atoms with van der Waals surface area (Å²) in [6, 6.07) is 0. The van der Waals surface area contributed by atoms with Gasteiger partial charge in [-0.2, -0.15) is 0 Å². The Morgan fingerprint density at radius 3 is 1.57 bits per heavy atom. The summed E-state index contributed by atoms with van der Waals surface area (Å²) in [5.74, 6) is -1.52. The number of ether oxygens (including phenoxy) is 3. The lowest BCUT2D eigenvalue weighted by Crippen LogP contribution is -2.40. The highest BCUT2D eigenvalue weighted by molar-refractivity contribution is 5.97. The number of esters is 2. The van der Waals surface area contributed by atoms with E-state index in [1.807, 2.05) is 0 Å². The van der Waals surface area contributed by atoms with Gasteiger partial charge in [0.2, 0.25) is 0 Å². The Bertz CT molecular complexity index is 200. The molecule has 0 saturated carbocycles. The van der Waals surface area contributed by atoms with Crippen molar-refractivity contribution < 1.29 is 23.8 Å². The van der Waals surface area contributed by atoms with E-state index in [0.29, 0.717) is 0 Å². The Hall–Kier alpha value is -1.10. The first-order valence-corrected chi connectivity index (χ1v) is 4.15. The molecule has 0 bridgehead atoms. The van der Waals surface area contributed by atoms with E-state index in [1.54, 1.807) is 20.8 Å². The van der Waals surface area contributed by atoms with Gasteiger partial charge in [-0.15, -0.1) is 0 Å². The molecule has 0 unspecified atom stereocenters. The highest BCUT2D eigenvalue weighted by Gasteiger charge is 2.33. The molecule has 0 saturated heterocycles. The lowest BCUT2D eigenvalue weighted by atomic mass is 10.2. The minimum atomic E-state index is -1.31. The first kappa shape index (κ1) is 12.9. The number of rotatable bonds is 3. The molecule has 0 N–H and O–H groups in total. The van der Waals surface area contributed by atoms with Crippen LogP contribution in [-0.2, 0) is 23.8 Å². The second-order valence-corrected chi connectivity index (χ2v) is 3.66. The smallest absolute Gasteiger partial charge is 0.346 e. The number of hydrogen-bond donors (Lipinski definition) is 0. The fraction of sp³-hybridized carbons (Fsp3) is 0.778. The van der Waals surface area contributed by atoms with E-state index in [2.05, 4.69) is 9.47 Å². The Morgan fingerprint density at radius 1 is 1.00 bits per heavy atom. The van der Waals surface area contributed by atoms with Crippen LogP contribution in [0.3, 0.4) is 0 Å². The van der Waals surface area contributed by atoms with Crippen LogP contribution in [0.4, 0.5) is 0 Å². The largest absolute Gasteiger partial charge is 0.467 e. The van der Waals surface area contributed by atoms with Gasteiger partial charge in [0.05, 0.1) is 19.8 Å². The van der Waals surface area contributed by atoms with Crippen molar-refractivity contribution in [2.45, 2.75) is 32.5 Å². The molecule has 0 atom stereocenters. The number of carbonyl (C=O) groups is 2. The average Bonchev–Trinajstić information content (AvgIpc) is 2.10. The zero-order valence-electron chi connectivity index (χ0n) is 9.12. The fourth-order valence-corrected chi connectivity index (χ4v) is 0.760. The Morgan fingerprint density at radius 2 is 1.36 bits per heavy atom. The van der Waals surface area contributed by atoms with Gasteiger partial charge < -0.3 is 14.2 Å². The third kappa shape index (κ3) is 4.23. The van der Waals surface area contributed by atoms with Crippen molar-refractivity contribution in [1.29, 1.82) is 0 Å². The summed E-state index contributed by atoms with van der Waals surface area (Å²) in [6.07, 6.45) is -1.31. The molecule has 0 aliphatic carbocycles. The van der Waals surface area contributed by atoms with E-state index in [0.717, 1.165) is 0 Å². The zero-order valence-corrected chi connectivity index (χ0v) is 9.12. The first-order valence-electron chi connectivity index (χ1n) is 4.15. The van der Waals surface area contributed by atoms with Crippen molar-refractivity contribution in [3.8, 4) is 0 Å². The van der Waals surface area contributed by atoms with Crippen LogP contribution < -0.4 is 0 Å². The highest BCUT2D eigenvalue weighted by Crippen LogP contribution is 2.12. The molecule has 5 heteroatoms. The van der Waals surface area contributed by atoms with Gasteiger partial charge in [-0.05, 0) is 20.8 Å². The van der Waals surface area contributed by atoms with Crippen molar-refractivity contribution in [1.82, 2.24) is 0 Å². The minimum Gasteiger partial charge on any atom is -0.467 e. The maximum atomic E-state index is 11.1. The maximum absolute atomic E-state index is 11.1. The van der Waals surface area contributed by atoms with Crippen LogP contribution in [0, 0.1) is 0 Å². The molecule has 0 aliphatic rings. The lowest BCUT2D eigenvalue weighted by molar-refractivity contribution is -0.179. The molecule has 0 aromatic rings. The predicted molar refractivity (Wildman–Crippen MR) is 48.7 cm³/mol. The molecule has 0 radical (unpaired) electrons. The third-order valence-electron chi connectivity index (χ3n) is 1.30. The quantitative estimate of drug-likeness (QED) is 0.495. The zero-order chi connectivity index (χ0) is 11.4. The fourth-order valence-electron chi connectivity index (χ4n) is 0.760. The summed E-state index contributed by atoms with van der Waals surface area (Å²) >= 11 is 0. The molecule has 0 amide bonds. The highest BCUT2D eigenvalue weighted by atomic mass is 16.6. The van der Waals surface area contributed by atoms with Crippen LogP contribution in [0.15, 0.2) is 0 Å². The van der Waals surface area contributed by atoms with Crippen LogP contribution in [-0.4, -0.2) is 37.9 Å². The first-order chi connectivity index (χ1) is 6.31. The van der Waals surface area contributed by atoms with Crippen LogP contribution in [0.5, 0.6) is 0 Å². The van der Waals surface area contributed by atoms with Crippen molar-refractivity contribution in [2.24, 2.45) is 0 Å². The molecular formula is C9H16O5. The van der Waals surface area contributed by atoms with Crippen LogP contribution >= 0.6 is 0 Å². The molecular weight excluding hydrogens is 188 g/mol. The molecule has 0 spiro atoms. The lowest BCUT2D eigenvalue weighted by Gasteiger charge is -2.23. The van der Waals surface area contributed by atoms with Gasteiger partial charge in [0.15, 0.2) is 0 Å². The van der Waals surface area contributed by atoms with Gasteiger partial charge in [-0.3, -0.25) is 0 Å². The second kappa shape index (κ2) is 4.95. The Kier molecular flexibility index (Phi) is 4.56. The summed E-state index contributed by atoms with van der Waals surface area (Å²) in [5.41, 5.74) is -0.618. The topological polar surface area (TPSA) is 61.8 Å². The van der Waals surface area contributed by atoms with E-state index < -0.39 is 23.6 Å². The van der Waals surface area contributed by atoms with Gasteiger partial charge in [-0.25, -0.2) is 9.59 Å². The molecule has 0 aliphatic heterocycles. The Balaban J connectivity index is 4.57. The van der Waals surface area contributed by atoms with E-state index in [-0.39, 0.29) is 0 Å². The molecule has 0 fully saturated rings. The Labute approximate surface area is 83.3 Å². The molecule has 14 heavy (non-hydrogen) atoms. The average molecular weight is 204 g/mol. The van der Waals surface area contributed by atoms with E-state index >= 15 is 0 Å². The third-order valence-corrected chi connectivity index (χ3v) is 1.30. The summed E-state index contributed by atoms with van der Waals surface area (Å²) < 4.78 is 14.0. The standard InChI is InChI=1S/C9H16O5/c1-9(2,3)14-6(7(10)12-4)8(11)13-5/h6H,1-5H3. The van der Waals surface area contributed by atoms with E-state index in [9.17, 15) is 9.59 Å². The number of methoxy groups -OCH3 is 2. The minimum absolute atomic E-state index is 0.618. The monoisotopic (exact) mass is 204 g/mol. The molecule has 0 rings (SSSR count). The van der Waals surface area contributed by atoms with Gasteiger partial charge in [-0.1, -0.05) is 0 Å². The number of carbonyl (C=O) groups excluding carboxylic acids is 2. The van der Waals surface area contributed by atoms with Crippen LogP contribution in [0.25, 0.3) is 0 Å². The van der Waals surface area contributed by atoms with Crippen LogP contribution in [0.1, 0.15) is 20.8 Å². The second-order valence-electron chi connectivity index (χ2n) is 3.66. The molecule has 0 heterocycles. The number of hydrogen-bond acceptors (Lipinski definition) is 5. The van der Waals surface area contributed by atoms with Crippen molar-refractivity contribution in [3.63, 3.8) is 0 Å². The normalized spacial score (nSPS) is 11.3. The summed E-state index contributed by atoms with van der Waals surface area (Å²) in [5, 5.41) is 0. The van der Waals surface area contributed by atoms with Gasteiger partial charge in [0, 0.05) is 0 Å². The molecule has 0 aromatic carbocycles. The van der Waals surface area contributed by atoms with Crippen molar-refractivity contribution >= 4 is 11.9 Å². The molecule has 82 valence electrons. The summed E-state index contributed by atoms with van der Waals surface area (Å²) in [6.45, 7) is 5.18. The van der Waals surface area contributed by atoms with Crippen molar-refractivity contribution in [3.05, 3.63) is 0 Å². The summed E-state index contributed by atoms with van der Waals surface area (Å²) in [4.78, 5) is 22.3.